The molecule has 1 aromatic rings. The van der Waals surface area contributed by atoms with Crippen LogP contribution in [0.3, 0.4) is 0 Å². The Kier molecular flexibility index (Phi) is 7.26. The van der Waals surface area contributed by atoms with Crippen molar-refractivity contribution in [2.45, 2.75) is 52.7 Å². The molecule has 0 bridgehead atoms. The number of aliphatic imine (C=N–C) groups is 1. The van der Waals surface area contributed by atoms with Gasteiger partial charge in [0, 0.05) is 45.5 Å². The maximum atomic E-state index is 5.61. The fourth-order valence-electron chi connectivity index (χ4n) is 3.28. The normalized spacial score (nSPS) is 17.9. The summed E-state index contributed by atoms with van der Waals surface area (Å²) in [5.41, 5.74) is 1.16. The monoisotopic (exact) mass is 361 g/mol. The van der Waals surface area contributed by atoms with Crippen molar-refractivity contribution >= 4 is 11.8 Å². The Morgan fingerprint density at radius 2 is 2.04 bits per heavy atom. The summed E-state index contributed by atoms with van der Waals surface area (Å²) in [6.45, 7) is 11.4. The Morgan fingerprint density at radius 1 is 1.35 bits per heavy atom. The van der Waals surface area contributed by atoms with Crippen molar-refractivity contribution in [2.75, 3.05) is 38.7 Å². The van der Waals surface area contributed by atoms with E-state index in [-0.39, 0.29) is 11.5 Å². The molecule has 0 aliphatic carbocycles. The number of anilines is 1. The molecule has 0 radical (unpaired) electrons. The van der Waals surface area contributed by atoms with Crippen LogP contribution in [0.5, 0.6) is 0 Å². The Bertz CT molecular complexity index is 588. The fourth-order valence-corrected chi connectivity index (χ4v) is 3.28. The summed E-state index contributed by atoms with van der Waals surface area (Å²) in [5, 5.41) is 6.97. The van der Waals surface area contributed by atoms with Gasteiger partial charge in [-0.3, -0.25) is 4.99 Å². The first-order valence-corrected chi connectivity index (χ1v) is 9.52. The van der Waals surface area contributed by atoms with Gasteiger partial charge in [0.1, 0.15) is 5.82 Å². The number of methoxy groups -OCH3 is 1. The third kappa shape index (κ3) is 5.87. The summed E-state index contributed by atoms with van der Waals surface area (Å²) in [7, 11) is 3.59. The van der Waals surface area contributed by atoms with E-state index in [1.165, 1.54) is 0 Å². The largest absolute Gasteiger partial charge is 0.379 e. The Morgan fingerprint density at radius 3 is 2.58 bits per heavy atom. The number of rotatable bonds is 5. The zero-order chi connectivity index (χ0) is 19.2. The number of nitrogens with one attached hydrogen (secondary N) is 2. The fraction of sp³-hybridized carbons (Fsp3) is 0.700. The first kappa shape index (κ1) is 20.5. The zero-order valence-corrected chi connectivity index (χ0v) is 17.2. The minimum Gasteiger partial charge on any atom is -0.379 e. The Balaban J connectivity index is 1.81. The second-order valence-electron chi connectivity index (χ2n) is 8.09. The summed E-state index contributed by atoms with van der Waals surface area (Å²) in [6.07, 6.45) is 2.28. The van der Waals surface area contributed by atoms with Gasteiger partial charge in [-0.2, -0.15) is 0 Å². The van der Waals surface area contributed by atoms with Crippen LogP contribution in [-0.4, -0.2) is 56.9 Å². The van der Waals surface area contributed by atoms with E-state index in [1.807, 2.05) is 20.0 Å². The number of piperidine rings is 1. The molecule has 6 heteroatoms. The van der Waals surface area contributed by atoms with Gasteiger partial charge in [0.2, 0.25) is 0 Å². The second-order valence-corrected chi connectivity index (χ2v) is 8.09. The van der Waals surface area contributed by atoms with Gasteiger partial charge < -0.3 is 20.3 Å². The third-order valence-corrected chi connectivity index (χ3v) is 4.96. The summed E-state index contributed by atoms with van der Waals surface area (Å²) < 4.78 is 5.61. The van der Waals surface area contributed by atoms with E-state index in [2.05, 4.69) is 58.4 Å². The van der Waals surface area contributed by atoms with Gasteiger partial charge in [-0.05, 0) is 37.3 Å². The Labute approximate surface area is 158 Å². The van der Waals surface area contributed by atoms with Crippen LogP contribution in [0.15, 0.2) is 23.2 Å². The topological polar surface area (TPSA) is 61.8 Å². The number of pyridine rings is 1. The number of aryl methyl sites for hydroxylation is 1. The molecule has 2 heterocycles. The van der Waals surface area contributed by atoms with E-state index >= 15 is 0 Å². The zero-order valence-electron chi connectivity index (χ0n) is 17.2. The summed E-state index contributed by atoms with van der Waals surface area (Å²) >= 11 is 0. The number of hydrogen-bond acceptors (Lipinski definition) is 4. The van der Waals surface area contributed by atoms with Crippen LogP contribution < -0.4 is 15.5 Å². The Hall–Kier alpha value is -1.82. The van der Waals surface area contributed by atoms with E-state index in [4.69, 9.17) is 4.74 Å². The second kappa shape index (κ2) is 9.21. The lowest BCUT2D eigenvalue weighted by molar-refractivity contribution is 0.0205. The van der Waals surface area contributed by atoms with Crippen LogP contribution >= 0.6 is 0 Å². The average Bonchev–Trinajstić information content (AvgIpc) is 2.60. The minimum atomic E-state index is 0.0900. The van der Waals surface area contributed by atoms with Gasteiger partial charge in [-0.1, -0.05) is 26.8 Å². The van der Waals surface area contributed by atoms with Crippen LogP contribution in [0.4, 0.5) is 5.82 Å². The van der Waals surface area contributed by atoms with Gasteiger partial charge in [-0.15, -0.1) is 0 Å². The molecule has 2 rings (SSSR count). The number of guanidine groups is 1. The van der Waals surface area contributed by atoms with Crippen molar-refractivity contribution in [3.05, 3.63) is 23.9 Å². The molecule has 0 aromatic carbocycles. The van der Waals surface area contributed by atoms with Crippen molar-refractivity contribution in [1.29, 1.82) is 0 Å². The van der Waals surface area contributed by atoms with E-state index in [1.54, 1.807) is 7.11 Å². The number of aromatic nitrogens is 1. The van der Waals surface area contributed by atoms with Gasteiger partial charge in [0.25, 0.3) is 0 Å². The van der Waals surface area contributed by atoms with E-state index in [0.29, 0.717) is 6.04 Å². The molecule has 1 atom stereocenters. The lowest BCUT2D eigenvalue weighted by atomic mass is 9.89. The molecular formula is C20H35N5O. The summed E-state index contributed by atoms with van der Waals surface area (Å²) in [4.78, 5) is 11.4. The van der Waals surface area contributed by atoms with E-state index < -0.39 is 0 Å². The summed E-state index contributed by atoms with van der Waals surface area (Å²) in [5.74, 6) is 1.93. The molecule has 146 valence electrons. The predicted molar refractivity (Wildman–Crippen MR) is 109 cm³/mol. The van der Waals surface area contributed by atoms with Crippen LogP contribution in [-0.2, 0) is 4.74 Å². The first-order chi connectivity index (χ1) is 12.3. The van der Waals surface area contributed by atoms with Crippen LogP contribution in [0.1, 0.15) is 39.3 Å². The SMILES string of the molecule is CN=C(NCC(OC)C(C)(C)C)NC1CCN(c2cccc(C)n2)CC1. The molecule has 1 aliphatic heterocycles. The molecule has 1 saturated heterocycles. The molecule has 0 amide bonds. The predicted octanol–water partition coefficient (Wildman–Crippen LogP) is 2.58. The minimum absolute atomic E-state index is 0.0900. The molecule has 1 aliphatic rings. The molecule has 1 aromatic heterocycles. The third-order valence-electron chi connectivity index (χ3n) is 4.96. The lowest BCUT2D eigenvalue weighted by Gasteiger charge is -2.34. The molecular weight excluding hydrogens is 326 g/mol. The summed E-state index contributed by atoms with van der Waals surface area (Å²) in [6, 6.07) is 6.64. The molecule has 6 nitrogen and oxygen atoms in total. The highest BCUT2D eigenvalue weighted by molar-refractivity contribution is 5.80. The smallest absolute Gasteiger partial charge is 0.191 e. The highest BCUT2D eigenvalue weighted by atomic mass is 16.5. The maximum absolute atomic E-state index is 5.61. The first-order valence-electron chi connectivity index (χ1n) is 9.52. The van der Waals surface area contributed by atoms with Gasteiger partial charge >= 0.3 is 0 Å². The van der Waals surface area contributed by atoms with Crippen LogP contribution in [0.2, 0.25) is 0 Å². The quantitative estimate of drug-likeness (QED) is 0.623. The standard InChI is InChI=1S/C20H35N5O/c1-15-8-7-9-18(23-15)25-12-10-16(11-13-25)24-19(21-5)22-14-17(26-6)20(2,3)4/h7-9,16-17H,10-14H2,1-6H3,(H2,21,22,24). The molecule has 26 heavy (non-hydrogen) atoms. The number of hydrogen-bond donors (Lipinski definition) is 2. The van der Waals surface area contributed by atoms with Crippen molar-refractivity contribution in [1.82, 2.24) is 15.6 Å². The van der Waals surface area contributed by atoms with Gasteiger partial charge in [-0.25, -0.2) is 4.98 Å². The number of ether oxygens (including phenoxy) is 1. The van der Waals surface area contributed by atoms with Crippen LogP contribution in [0, 0.1) is 12.3 Å². The molecule has 2 N–H and O–H groups in total. The van der Waals surface area contributed by atoms with Crippen LogP contribution in [0.25, 0.3) is 0 Å². The average molecular weight is 362 g/mol. The lowest BCUT2D eigenvalue weighted by Crippen LogP contribution is -2.51. The van der Waals surface area contributed by atoms with Crippen molar-refractivity contribution < 1.29 is 4.74 Å². The van der Waals surface area contributed by atoms with Gasteiger partial charge in [0.05, 0.1) is 6.10 Å². The molecule has 0 saturated carbocycles. The maximum Gasteiger partial charge on any atom is 0.191 e. The van der Waals surface area contributed by atoms with Gasteiger partial charge in [0.15, 0.2) is 5.96 Å². The van der Waals surface area contributed by atoms with Crippen molar-refractivity contribution in [2.24, 2.45) is 10.4 Å². The highest BCUT2D eigenvalue weighted by Crippen LogP contribution is 2.21. The highest BCUT2D eigenvalue weighted by Gasteiger charge is 2.25. The number of nitrogens with zero attached hydrogens (tertiary/aromatic N) is 3. The molecule has 1 fully saturated rings. The van der Waals surface area contributed by atoms with E-state index in [9.17, 15) is 0 Å². The van der Waals surface area contributed by atoms with E-state index in [0.717, 1.165) is 49.9 Å². The van der Waals surface area contributed by atoms with Crippen molar-refractivity contribution in [3.63, 3.8) is 0 Å². The molecule has 0 spiro atoms. The molecule has 1 unspecified atom stereocenters. The van der Waals surface area contributed by atoms with Crippen molar-refractivity contribution in [3.8, 4) is 0 Å².